The van der Waals surface area contributed by atoms with Gasteiger partial charge in [0.15, 0.2) is 0 Å². The zero-order chi connectivity index (χ0) is 23.2. The number of halogens is 1. The predicted octanol–water partition coefficient (Wildman–Crippen LogP) is 3.05. The van der Waals surface area contributed by atoms with Crippen molar-refractivity contribution in [2.75, 3.05) is 17.3 Å². The highest BCUT2D eigenvalue weighted by Crippen LogP contribution is 2.48. The van der Waals surface area contributed by atoms with Crippen molar-refractivity contribution in [2.45, 2.75) is 25.8 Å². The molecule has 10 heteroatoms. The number of carbonyl (C=O) groups is 1. The first kappa shape index (κ1) is 22.7. The van der Waals surface area contributed by atoms with Crippen molar-refractivity contribution in [3.05, 3.63) is 64.5 Å². The Labute approximate surface area is 191 Å². The number of hydrogen-bond acceptors (Lipinski definition) is 5. The SMILES string of the molecule is C/C=C\c1c(C)c(OP(=O)(O)O)cc2c1[C@H](CCl)CN2C(=O)C1=CC2C=C(N)C=CC2N1. The maximum Gasteiger partial charge on any atom is 0.524 e. The third kappa shape index (κ3) is 4.11. The second-order valence-electron chi connectivity index (χ2n) is 8.05. The van der Waals surface area contributed by atoms with Gasteiger partial charge in [0.25, 0.3) is 5.91 Å². The molecule has 3 atom stereocenters. The van der Waals surface area contributed by atoms with Crippen LogP contribution in [0.2, 0.25) is 0 Å². The van der Waals surface area contributed by atoms with Gasteiger partial charge in [-0.3, -0.25) is 14.6 Å². The minimum atomic E-state index is -4.79. The maximum atomic E-state index is 13.5. The molecular weight excluding hydrogens is 453 g/mol. The van der Waals surface area contributed by atoms with Crippen LogP contribution in [-0.2, 0) is 9.36 Å². The Kier molecular flexibility index (Phi) is 5.98. The molecule has 4 rings (SSSR count). The van der Waals surface area contributed by atoms with E-state index in [0.717, 1.165) is 11.1 Å². The minimum absolute atomic E-state index is 0.0185. The van der Waals surface area contributed by atoms with E-state index in [1.807, 2.05) is 43.4 Å². The van der Waals surface area contributed by atoms with Crippen molar-refractivity contribution in [1.29, 1.82) is 0 Å². The van der Waals surface area contributed by atoms with E-state index in [-0.39, 0.29) is 29.5 Å². The van der Waals surface area contributed by atoms with E-state index in [2.05, 4.69) is 5.32 Å². The number of phosphoric ester groups is 1. The molecule has 0 bridgehead atoms. The highest BCUT2D eigenvalue weighted by molar-refractivity contribution is 7.46. The molecule has 5 N–H and O–H groups in total. The van der Waals surface area contributed by atoms with E-state index >= 15 is 0 Å². The second kappa shape index (κ2) is 8.45. The van der Waals surface area contributed by atoms with Crippen LogP contribution in [0.5, 0.6) is 5.75 Å². The average molecular weight is 478 g/mol. The number of rotatable bonds is 5. The molecule has 1 aromatic carbocycles. The number of carbonyl (C=O) groups excluding carboxylic acids is 1. The number of nitrogens with two attached hydrogens (primary N) is 1. The Balaban J connectivity index is 1.78. The van der Waals surface area contributed by atoms with Gasteiger partial charge in [-0.2, -0.15) is 0 Å². The minimum Gasteiger partial charge on any atom is -0.404 e. The molecular formula is C22H25ClN3O5P. The summed E-state index contributed by atoms with van der Waals surface area (Å²) in [6.07, 6.45) is 11.2. The molecule has 2 aliphatic heterocycles. The van der Waals surface area contributed by atoms with Crippen LogP contribution in [0.4, 0.5) is 5.69 Å². The van der Waals surface area contributed by atoms with Gasteiger partial charge >= 0.3 is 7.82 Å². The van der Waals surface area contributed by atoms with E-state index in [9.17, 15) is 19.1 Å². The van der Waals surface area contributed by atoms with E-state index in [1.54, 1.807) is 11.8 Å². The van der Waals surface area contributed by atoms with Crippen molar-refractivity contribution >= 4 is 37.1 Å². The molecule has 32 heavy (non-hydrogen) atoms. The lowest BCUT2D eigenvalue weighted by molar-refractivity contribution is -0.115. The number of nitrogens with zero attached hydrogens (tertiary/aromatic N) is 1. The van der Waals surface area contributed by atoms with Gasteiger partial charge in [-0.1, -0.05) is 24.3 Å². The van der Waals surface area contributed by atoms with Gasteiger partial charge in [0.2, 0.25) is 0 Å². The number of anilines is 1. The number of benzene rings is 1. The normalized spacial score (nSPS) is 24.2. The summed E-state index contributed by atoms with van der Waals surface area (Å²) in [4.78, 5) is 33.9. The smallest absolute Gasteiger partial charge is 0.404 e. The number of fused-ring (bicyclic) bond motifs is 2. The highest BCUT2D eigenvalue weighted by Gasteiger charge is 2.39. The Morgan fingerprint density at radius 2 is 2.19 bits per heavy atom. The number of allylic oxidation sites excluding steroid dienone is 2. The van der Waals surface area contributed by atoms with E-state index < -0.39 is 7.82 Å². The van der Waals surface area contributed by atoms with Crippen LogP contribution < -0.4 is 20.5 Å². The lowest BCUT2D eigenvalue weighted by Crippen LogP contribution is -2.37. The molecule has 2 unspecified atom stereocenters. The molecule has 0 radical (unpaired) electrons. The van der Waals surface area contributed by atoms with Gasteiger partial charge in [-0.25, -0.2) is 4.57 Å². The lowest BCUT2D eigenvalue weighted by atomic mass is 9.93. The van der Waals surface area contributed by atoms with Crippen LogP contribution in [0, 0.1) is 12.8 Å². The van der Waals surface area contributed by atoms with E-state index in [0.29, 0.717) is 35.1 Å². The number of alkyl halides is 1. The van der Waals surface area contributed by atoms with Crippen molar-refractivity contribution in [3.8, 4) is 5.75 Å². The molecule has 1 aromatic rings. The fraction of sp³-hybridized carbons (Fsp3) is 0.318. The summed E-state index contributed by atoms with van der Waals surface area (Å²) >= 11 is 6.27. The highest BCUT2D eigenvalue weighted by atomic mass is 35.5. The fourth-order valence-corrected chi connectivity index (χ4v) is 5.18. The van der Waals surface area contributed by atoms with E-state index in [4.69, 9.17) is 21.9 Å². The molecule has 1 aliphatic carbocycles. The summed E-state index contributed by atoms with van der Waals surface area (Å²) < 4.78 is 16.5. The first-order valence-corrected chi connectivity index (χ1v) is 12.3. The fourth-order valence-electron chi connectivity index (χ4n) is 4.49. The third-order valence-electron chi connectivity index (χ3n) is 5.90. The summed E-state index contributed by atoms with van der Waals surface area (Å²) in [6, 6.07) is 1.47. The molecule has 2 heterocycles. The summed E-state index contributed by atoms with van der Waals surface area (Å²) in [5.74, 6) is -0.0802. The number of amides is 1. The van der Waals surface area contributed by atoms with Crippen molar-refractivity contribution < 1.29 is 23.7 Å². The van der Waals surface area contributed by atoms with Crippen LogP contribution in [0.25, 0.3) is 6.08 Å². The Morgan fingerprint density at radius 1 is 1.44 bits per heavy atom. The Hall–Kier alpha value is -2.51. The molecule has 0 saturated heterocycles. The number of nitrogens with one attached hydrogen (secondary N) is 1. The summed E-state index contributed by atoms with van der Waals surface area (Å²) in [6.45, 7) is 3.92. The number of phosphoric acid groups is 1. The molecule has 0 fully saturated rings. The summed E-state index contributed by atoms with van der Waals surface area (Å²) in [5.41, 5.74) is 9.70. The van der Waals surface area contributed by atoms with Crippen LogP contribution in [0.15, 0.2) is 47.8 Å². The molecule has 0 saturated carbocycles. The largest absolute Gasteiger partial charge is 0.524 e. The first-order valence-electron chi connectivity index (χ1n) is 10.2. The predicted molar refractivity (Wildman–Crippen MR) is 124 cm³/mol. The zero-order valence-electron chi connectivity index (χ0n) is 17.7. The molecule has 3 aliphatic rings. The lowest BCUT2D eigenvalue weighted by Gasteiger charge is -2.22. The molecule has 8 nitrogen and oxygen atoms in total. The van der Waals surface area contributed by atoms with Crippen LogP contribution in [-0.4, -0.2) is 34.2 Å². The van der Waals surface area contributed by atoms with Crippen molar-refractivity contribution in [3.63, 3.8) is 0 Å². The molecule has 0 spiro atoms. The summed E-state index contributed by atoms with van der Waals surface area (Å²) in [5, 5.41) is 3.24. The second-order valence-corrected chi connectivity index (χ2v) is 9.52. The monoisotopic (exact) mass is 477 g/mol. The molecule has 170 valence electrons. The molecule has 0 aromatic heterocycles. The quantitative estimate of drug-likeness (QED) is 0.379. The Morgan fingerprint density at radius 3 is 2.84 bits per heavy atom. The van der Waals surface area contributed by atoms with E-state index in [1.165, 1.54) is 6.07 Å². The van der Waals surface area contributed by atoms with Gasteiger partial charge in [0.1, 0.15) is 5.75 Å². The van der Waals surface area contributed by atoms with Crippen molar-refractivity contribution in [2.24, 2.45) is 11.7 Å². The van der Waals surface area contributed by atoms with Gasteiger partial charge < -0.3 is 20.5 Å². The first-order chi connectivity index (χ1) is 15.1. The average Bonchev–Trinajstić information content (AvgIpc) is 3.30. The zero-order valence-corrected chi connectivity index (χ0v) is 19.3. The molecule has 1 amide bonds. The third-order valence-corrected chi connectivity index (χ3v) is 6.71. The Bertz CT molecular complexity index is 1140. The van der Waals surface area contributed by atoms with Crippen molar-refractivity contribution in [1.82, 2.24) is 5.32 Å². The van der Waals surface area contributed by atoms with Gasteiger partial charge in [-0.05, 0) is 42.7 Å². The van der Waals surface area contributed by atoms with Gasteiger partial charge in [-0.15, -0.1) is 11.6 Å². The summed E-state index contributed by atoms with van der Waals surface area (Å²) in [7, 11) is -4.79. The van der Waals surface area contributed by atoms with Crippen LogP contribution >= 0.6 is 19.4 Å². The van der Waals surface area contributed by atoms with Gasteiger partial charge in [0, 0.05) is 36.0 Å². The standard InChI is InChI=1S/C22H25ClN3O5P/c1-3-4-16-12(2)20(31-32(28,29)30)9-19-21(16)14(10-23)11-26(19)22(27)18-8-13-7-15(24)5-6-17(13)25-18/h3-9,13-14,17,25H,10-11,24H2,1-2H3,(H2,28,29,30)/b4-3-/t13?,14-,17?/m1/s1. The van der Waals surface area contributed by atoms with Gasteiger partial charge in [0.05, 0.1) is 17.4 Å². The maximum absolute atomic E-state index is 13.5. The van der Waals surface area contributed by atoms with Crippen LogP contribution in [0.1, 0.15) is 29.5 Å². The topological polar surface area (TPSA) is 125 Å². The van der Waals surface area contributed by atoms with Crippen LogP contribution in [0.3, 0.4) is 0 Å². The number of hydrogen-bond donors (Lipinski definition) is 4.